The largest absolute Gasteiger partial charge is 0.370 e. The van der Waals surface area contributed by atoms with Crippen LogP contribution in [-0.2, 0) is 0 Å². The molecule has 2 aromatic rings. The van der Waals surface area contributed by atoms with Crippen molar-refractivity contribution < 1.29 is 0 Å². The molecule has 1 heterocycles. The molecular formula is C14H16BrClN4. The van der Waals surface area contributed by atoms with Crippen molar-refractivity contribution in [1.29, 1.82) is 0 Å². The van der Waals surface area contributed by atoms with E-state index < -0.39 is 0 Å². The third kappa shape index (κ3) is 3.22. The Morgan fingerprint density at radius 2 is 1.90 bits per heavy atom. The van der Waals surface area contributed by atoms with Crippen molar-refractivity contribution in [3.05, 3.63) is 39.1 Å². The van der Waals surface area contributed by atoms with E-state index in [1.807, 2.05) is 32.9 Å². The molecule has 20 heavy (non-hydrogen) atoms. The molecular weight excluding hydrogens is 340 g/mol. The molecule has 0 saturated carbocycles. The number of aryl methyl sites for hydroxylation is 1. The molecule has 0 aliphatic carbocycles. The van der Waals surface area contributed by atoms with Crippen molar-refractivity contribution in [2.24, 2.45) is 0 Å². The van der Waals surface area contributed by atoms with E-state index in [9.17, 15) is 0 Å². The Morgan fingerprint density at radius 1 is 1.20 bits per heavy atom. The van der Waals surface area contributed by atoms with Crippen molar-refractivity contribution in [1.82, 2.24) is 9.97 Å². The van der Waals surface area contributed by atoms with E-state index in [0.717, 1.165) is 39.5 Å². The summed E-state index contributed by atoms with van der Waals surface area (Å²) in [6.07, 6.45) is 1.54. The van der Waals surface area contributed by atoms with Crippen LogP contribution in [0.1, 0.15) is 18.1 Å². The molecule has 2 rings (SSSR count). The summed E-state index contributed by atoms with van der Waals surface area (Å²) in [5, 5.41) is 7.21. The van der Waals surface area contributed by atoms with E-state index in [1.54, 1.807) is 0 Å². The van der Waals surface area contributed by atoms with E-state index in [-0.39, 0.29) is 0 Å². The van der Waals surface area contributed by atoms with Gasteiger partial charge in [0.15, 0.2) is 0 Å². The van der Waals surface area contributed by atoms with Gasteiger partial charge in [-0.1, -0.05) is 11.6 Å². The summed E-state index contributed by atoms with van der Waals surface area (Å²) in [6.45, 7) is 6.79. The molecule has 0 atom stereocenters. The summed E-state index contributed by atoms with van der Waals surface area (Å²) >= 11 is 9.70. The summed E-state index contributed by atoms with van der Waals surface area (Å²) in [5.74, 6) is 1.59. The summed E-state index contributed by atoms with van der Waals surface area (Å²) in [5.41, 5.74) is 2.87. The third-order valence-corrected chi connectivity index (χ3v) is 3.99. The van der Waals surface area contributed by atoms with Crippen LogP contribution in [0.15, 0.2) is 22.9 Å². The van der Waals surface area contributed by atoms with Crippen LogP contribution in [-0.4, -0.2) is 16.5 Å². The average Bonchev–Trinajstić information content (AvgIpc) is 2.40. The second-order valence-corrected chi connectivity index (χ2v) is 5.69. The number of hydrogen-bond acceptors (Lipinski definition) is 4. The highest BCUT2D eigenvalue weighted by atomic mass is 79.9. The van der Waals surface area contributed by atoms with E-state index >= 15 is 0 Å². The first-order chi connectivity index (χ1) is 9.52. The van der Waals surface area contributed by atoms with E-state index in [0.29, 0.717) is 5.02 Å². The first-order valence-electron chi connectivity index (χ1n) is 6.31. The van der Waals surface area contributed by atoms with Gasteiger partial charge in [-0.25, -0.2) is 9.97 Å². The molecule has 0 amide bonds. The van der Waals surface area contributed by atoms with Gasteiger partial charge in [0, 0.05) is 21.6 Å². The smallest absolute Gasteiger partial charge is 0.138 e. The van der Waals surface area contributed by atoms with E-state index in [2.05, 4.69) is 36.5 Å². The van der Waals surface area contributed by atoms with Crippen molar-refractivity contribution in [2.75, 3.05) is 17.2 Å². The number of aromatic nitrogens is 2. The van der Waals surface area contributed by atoms with Crippen molar-refractivity contribution in [2.45, 2.75) is 20.8 Å². The second kappa shape index (κ2) is 6.41. The molecule has 0 fully saturated rings. The highest BCUT2D eigenvalue weighted by molar-refractivity contribution is 9.10. The molecule has 0 unspecified atom stereocenters. The normalized spacial score (nSPS) is 10.4. The van der Waals surface area contributed by atoms with Gasteiger partial charge in [-0.3, -0.25) is 0 Å². The van der Waals surface area contributed by atoms with Gasteiger partial charge in [0.2, 0.25) is 0 Å². The maximum absolute atomic E-state index is 6.17. The van der Waals surface area contributed by atoms with Gasteiger partial charge >= 0.3 is 0 Å². The summed E-state index contributed by atoms with van der Waals surface area (Å²) in [6, 6.07) is 3.86. The number of rotatable bonds is 4. The Morgan fingerprint density at radius 3 is 2.60 bits per heavy atom. The van der Waals surface area contributed by atoms with Crippen molar-refractivity contribution in [3.63, 3.8) is 0 Å². The van der Waals surface area contributed by atoms with Crippen LogP contribution in [0.4, 0.5) is 17.3 Å². The van der Waals surface area contributed by atoms with Crippen molar-refractivity contribution in [3.8, 4) is 0 Å². The average molecular weight is 356 g/mol. The van der Waals surface area contributed by atoms with Crippen molar-refractivity contribution >= 4 is 44.9 Å². The van der Waals surface area contributed by atoms with Gasteiger partial charge in [0.1, 0.15) is 18.0 Å². The molecule has 0 radical (unpaired) electrons. The number of benzene rings is 1. The fraction of sp³-hybridized carbons (Fsp3) is 0.286. The lowest BCUT2D eigenvalue weighted by atomic mass is 10.2. The number of nitrogens with zero attached hydrogens (tertiary/aromatic N) is 2. The van der Waals surface area contributed by atoms with Gasteiger partial charge in [-0.15, -0.1) is 0 Å². The molecule has 0 spiro atoms. The minimum absolute atomic E-state index is 0.717. The predicted octanol–water partition coefficient (Wildman–Crippen LogP) is 4.68. The van der Waals surface area contributed by atoms with Gasteiger partial charge < -0.3 is 10.6 Å². The minimum atomic E-state index is 0.717. The zero-order valence-corrected chi connectivity index (χ0v) is 13.9. The molecule has 6 heteroatoms. The molecule has 0 bridgehead atoms. The van der Waals surface area contributed by atoms with Crippen LogP contribution in [0.25, 0.3) is 0 Å². The second-order valence-electron chi connectivity index (χ2n) is 4.43. The van der Waals surface area contributed by atoms with Gasteiger partial charge in [-0.05, 0) is 54.4 Å². The SMILES string of the molecule is CCNc1ncnc(Nc2cc(Cl)c(C)cc2Br)c1C. The number of anilines is 3. The maximum Gasteiger partial charge on any atom is 0.138 e. The highest BCUT2D eigenvalue weighted by Crippen LogP contribution is 2.32. The summed E-state index contributed by atoms with van der Waals surface area (Å²) in [4.78, 5) is 8.51. The highest BCUT2D eigenvalue weighted by Gasteiger charge is 2.09. The lowest BCUT2D eigenvalue weighted by Crippen LogP contribution is -2.05. The summed E-state index contributed by atoms with van der Waals surface area (Å²) < 4.78 is 0.947. The zero-order chi connectivity index (χ0) is 14.7. The van der Waals surface area contributed by atoms with Crippen LogP contribution >= 0.6 is 27.5 Å². The van der Waals surface area contributed by atoms with E-state index in [4.69, 9.17) is 11.6 Å². The molecule has 0 aliphatic heterocycles. The fourth-order valence-corrected chi connectivity index (χ4v) is 2.51. The van der Waals surface area contributed by atoms with E-state index in [1.165, 1.54) is 6.33 Å². The van der Waals surface area contributed by atoms with Gasteiger partial charge in [0.05, 0.1) is 5.69 Å². The van der Waals surface area contributed by atoms with Crippen LogP contribution in [0.2, 0.25) is 5.02 Å². The van der Waals surface area contributed by atoms with Crippen LogP contribution in [0, 0.1) is 13.8 Å². The first-order valence-corrected chi connectivity index (χ1v) is 7.48. The predicted molar refractivity (Wildman–Crippen MR) is 88.1 cm³/mol. The molecule has 1 aromatic heterocycles. The van der Waals surface area contributed by atoms with Crippen LogP contribution in [0.5, 0.6) is 0 Å². The standard InChI is InChI=1S/C14H16BrClN4/c1-4-17-13-9(3)14(19-7-18-13)20-12-6-11(16)8(2)5-10(12)15/h5-7H,4H2,1-3H3,(H2,17,18,19,20). The first kappa shape index (κ1) is 15.1. The third-order valence-electron chi connectivity index (χ3n) is 2.93. The molecule has 0 saturated heterocycles. The fourth-order valence-electron chi connectivity index (χ4n) is 1.79. The number of halogens is 2. The van der Waals surface area contributed by atoms with Crippen LogP contribution in [0.3, 0.4) is 0 Å². The molecule has 0 aliphatic rings. The number of hydrogen-bond donors (Lipinski definition) is 2. The Kier molecular flexibility index (Phi) is 4.83. The lowest BCUT2D eigenvalue weighted by molar-refractivity contribution is 1.08. The monoisotopic (exact) mass is 354 g/mol. The Bertz CT molecular complexity index is 631. The van der Waals surface area contributed by atoms with Gasteiger partial charge in [-0.2, -0.15) is 0 Å². The molecule has 4 nitrogen and oxygen atoms in total. The Hall–Kier alpha value is -1.33. The quantitative estimate of drug-likeness (QED) is 0.835. The topological polar surface area (TPSA) is 49.8 Å². The molecule has 2 N–H and O–H groups in total. The van der Waals surface area contributed by atoms with Gasteiger partial charge in [0.25, 0.3) is 0 Å². The number of nitrogens with one attached hydrogen (secondary N) is 2. The summed E-state index contributed by atoms with van der Waals surface area (Å²) in [7, 11) is 0. The Labute approximate surface area is 132 Å². The zero-order valence-electron chi connectivity index (χ0n) is 11.6. The molecule has 1 aromatic carbocycles. The maximum atomic E-state index is 6.17. The Balaban J connectivity index is 2.35. The van der Waals surface area contributed by atoms with Crippen LogP contribution < -0.4 is 10.6 Å². The minimum Gasteiger partial charge on any atom is -0.370 e. The lowest BCUT2D eigenvalue weighted by Gasteiger charge is -2.14. The molecule has 106 valence electrons.